The highest BCUT2D eigenvalue weighted by molar-refractivity contribution is 7.42. The highest BCUT2D eigenvalue weighted by Crippen LogP contribution is 2.22. The van der Waals surface area contributed by atoms with E-state index in [4.69, 9.17) is 14.4 Å². The summed E-state index contributed by atoms with van der Waals surface area (Å²) in [7, 11) is 7.63. The van der Waals surface area contributed by atoms with Gasteiger partial charge in [0.05, 0.1) is 55.4 Å². The Morgan fingerprint density at radius 2 is 1.00 bits per heavy atom. The molecule has 0 N–H and O–H groups in total. The minimum Gasteiger partial charge on any atom is -0.786 e. The van der Waals surface area contributed by atoms with E-state index in [9.17, 15) is 4.20 Å². The lowest BCUT2D eigenvalue weighted by Crippen LogP contribution is -2.34. The normalized spacial score (nSPS) is 11.9. The van der Waals surface area contributed by atoms with Crippen molar-refractivity contribution in [2.75, 3.05) is 55.4 Å². The van der Waals surface area contributed by atoms with Gasteiger partial charge in [0.25, 0.3) is 0 Å². The van der Waals surface area contributed by atoms with Crippen LogP contribution in [0.5, 0.6) is 0 Å². The Kier molecular flexibility index (Phi) is 13.6. The predicted octanol–water partition coefficient (Wildman–Crippen LogP) is 0.990. The number of nitrogens with zero attached hydrogens (tertiary/aromatic N) is 2. The van der Waals surface area contributed by atoms with Gasteiger partial charge in [-0.25, -0.2) is 4.20 Å². The largest absolute Gasteiger partial charge is 0.786 e. The molecule has 7 heteroatoms. The van der Waals surface area contributed by atoms with E-state index in [0.717, 1.165) is 8.97 Å². The van der Waals surface area contributed by atoms with Crippen LogP contribution in [0.25, 0.3) is 0 Å². The predicted molar refractivity (Wildman–Crippen MR) is 75.1 cm³/mol. The lowest BCUT2D eigenvalue weighted by atomic mass is 10.4. The molecule has 120 valence electrons. The van der Waals surface area contributed by atoms with E-state index in [1.807, 2.05) is 0 Å². The lowest BCUT2D eigenvalue weighted by Gasteiger charge is -2.22. The van der Waals surface area contributed by atoms with Crippen LogP contribution in [0, 0.1) is 0 Å². The van der Waals surface area contributed by atoms with Gasteiger partial charge in [-0.3, -0.25) is 0 Å². The van der Waals surface area contributed by atoms with Crippen molar-refractivity contribution in [1.29, 1.82) is 0 Å². The zero-order valence-corrected chi connectivity index (χ0v) is 14.7. The average Bonchev–Trinajstić information content (AvgIpc) is 1.95. The van der Waals surface area contributed by atoms with Crippen LogP contribution in [0.15, 0.2) is 0 Å². The molecule has 0 atom stereocenters. The first-order valence-corrected chi connectivity index (χ1v) is 7.88. The van der Waals surface area contributed by atoms with Crippen molar-refractivity contribution < 1.29 is 27.5 Å². The molecule has 0 unspecified atom stereocenters. The van der Waals surface area contributed by atoms with Crippen LogP contribution in [-0.2, 0) is 4.57 Å². The molecule has 0 spiro atoms. The molecule has 5 nitrogen and oxygen atoms in total. The third-order valence-electron chi connectivity index (χ3n) is 1.79. The smallest absolute Gasteiger partial charge is 0.110 e. The van der Waals surface area contributed by atoms with Crippen molar-refractivity contribution in [3.63, 3.8) is 0 Å². The fourth-order valence-corrected chi connectivity index (χ4v) is 1.34. The molecule has 0 aromatic carbocycles. The number of hydrogen-bond donors (Lipinski definition) is 0. The van der Waals surface area contributed by atoms with Gasteiger partial charge in [0.1, 0.15) is 7.91 Å². The first-order chi connectivity index (χ1) is 8.12. The summed E-state index contributed by atoms with van der Waals surface area (Å²) in [6.07, 6.45) is 2.56. The molecule has 0 saturated carbocycles. The molecule has 0 aliphatic carbocycles. The fourth-order valence-electron chi connectivity index (χ4n) is 1.34. The summed E-state index contributed by atoms with van der Waals surface area (Å²) < 4.78 is 20.8. The van der Waals surface area contributed by atoms with Gasteiger partial charge in [-0.1, -0.05) is 13.8 Å². The minimum atomic E-state index is -5.64. The van der Waals surface area contributed by atoms with Gasteiger partial charge in [-0.15, -0.1) is 0 Å². The maximum Gasteiger partial charge on any atom is 0.110 e. The highest BCUT2D eigenvalue weighted by atomic mass is 31.2. The summed E-state index contributed by atoms with van der Waals surface area (Å²) in [4.78, 5) is 16.9. The summed E-state index contributed by atoms with van der Waals surface area (Å²) in [6, 6.07) is 0. The van der Waals surface area contributed by atoms with Crippen LogP contribution >= 0.6 is 7.91 Å². The third-order valence-corrected chi connectivity index (χ3v) is 1.79. The zero-order chi connectivity index (χ0) is 16.3. The molecule has 0 aliphatic heterocycles. The fraction of sp³-hybridized carbons (Fsp3) is 1.00. The van der Waals surface area contributed by atoms with E-state index >= 15 is 0 Å². The summed E-state index contributed by atoms with van der Waals surface area (Å²) in [6.45, 7) is 6.98. The first-order valence-electron chi connectivity index (χ1n) is 6.45. The van der Waals surface area contributed by atoms with Crippen LogP contribution in [0.2, 0.25) is 0 Å². The summed E-state index contributed by atoms with van der Waals surface area (Å²) in [5, 5.41) is 0. The molecule has 0 aliphatic rings. The SMILES string of the molecule is CCC[N+](C)(C)C.CCC[N+](C)(C)C.O=P([O-])([O-])F. The van der Waals surface area contributed by atoms with E-state index < -0.39 is 7.91 Å². The highest BCUT2D eigenvalue weighted by Gasteiger charge is 2.01. The minimum absolute atomic E-state index is 1.09. The van der Waals surface area contributed by atoms with Gasteiger partial charge >= 0.3 is 0 Å². The Labute approximate surface area is 118 Å². The van der Waals surface area contributed by atoms with E-state index in [1.165, 1.54) is 25.9 Å². The molecule has 19 heavy (non-hydrogen) atoms. The number of halogens is 1. The number of rotatable bonds is 4. The summed E-state index contributed by atoms with van der Waals surface area (Å²) in [5.41, 5.74) is 0. The Morgan fingerprint density at radius 1 is 0.842 bits per heavy atom. The molecule has 0 rings (SSSR count). The third kappa shape index (κ3) is 72.0. The van der Waals surface area contributed by atoms with E-state index in [2.05, 4.69) is 56.1 Å². The average molecular weight is 302 g/mol. The Morgan fingerprint density at radius 3 is 1.00 bits per heavy atom. The molecule has 0 aromatic rings. The van der Waals surface area contributed by atoms with Crippen molar-refractivity contribution >= 4 is 7.91 Å². The molecular weight excluding hydrogens is 270 g/mol. The van der Waals surface area contributed by atoms with Crippen molar-refractivity contribution in [3.05, 3.63) is 0 Å². The van der Waals surface area contributed by atoms with Crippen LogP contribution in [0.1, 0.15) is 26.7 Å². The Bertz CT molecular complexity index is 220. The van der Waals surface area contributed by atoms with Crippen LogP contribution in [0.4, 0.5) is 4.20 Å². The second-order valence-corrected chi connectivity index (χ2v) is 7.32. The number of quaternary nitrogens is 2. The standard InChI is InChI=1S/2C6H16N.FH2O3P/c2*1-5-6-7(2,3)4;1-5(2,3)4/h2*5-6H2,1-4H3;(H2,2,3,4)/q2*+1;/p-2. The number of hydrogen-bond acceptors (Lipinski definition) is 3. The molecule has 0 aromatic heterocycles. The van der Waals surface area contributed by atoms with Crippen molar-refractivity contribution in [1.82, 2.24) is 0 Å². The van der Waals surface area contributed by atoms with Crippen LogP contribution in [-0.4, -0.2) is 64.3 Å². The zero-order valence-electron chi connectivity index (χ0n) is 13.8. The van der Waals surface area contributed by atoms with Crippen LogP contribution in [0.3, 0.4) is 0 Å². The Balaban J connectivity index is -0.000000206. The van der Waals surface area contributed by atoms with E-state index in [1.54, 1.807) is 0 Å². The van der Waals surface area contributed by atoms with Gasteiger partial charge in [0.15, 0.2) is 0 Å². The summed E-state index contributed by atoms with van der Waals surface area (Å²) >= 11 is 0. The van der Waals surface area contributed by atoms with Crippen molar-refractivity contribution in [3.8, 4) is 0 Å². The first kappa shape index (κ1) is 24.0. The van der Waals surface area contributed by atoms with Gasteiger partial charge in [0, 0.05) is 0 Å². The van der Waals surface area contributed by atoms with Crippen LogP contribution < -0.4 is 9.79 Å². The van der Waals surface area contributed by atoms with Crippen molar-refractivity contribution in [2.45, 2.75) is 26.7 Å². The van der Waals surface area contributed by atoms with E-state index in [0.29, 0.717) is 0 Å². The second kappa shape index (κ2) is 10.7. The molecule has 0 fully saturated rings. The lowest BCUT2D eigenvalue weighted by molar-refractivity contribution is -0.870. The molecule has 0 amide bonds. The Hall–Kier alpha value is -0.0000000000000000555. The van der Waals surface area contributed by atoms with Crippen molar-refractivity contribution in [2.24, 2.45) is 0 Å². The molecule has 0 bridgehead atoms. The maximum absolute atomic E-state index is 10.1. The van der Waals surface area contributed by atoms with Gasteiger partial charge in [-0.05, 0) is 12.8 Å². The molecule has 0 radical (unpaired) electrons. The molecule has 0 saturated heterocycles. The molecule has 0 heterocycles. The quantitative estimate of drug-likeness (QED) is 0.575. The summed E-state index contributed by atoms with van der Waals surface area (Å²) in [5.74, 6) is 0. The second-order valence-electron chi connectivity index (χ2n) is 6.46. The molecular formula is C12H32FN2O3P. The van der Waals surface area contributed by atoms with Gasteiger partial charge in [-0.2, -0.15) is 0 Å². The maximum atomic E-state index is 10.1. The van der Waals surface area contributed by atoms with Gasteiger partial charge in [0.2, 0.25) is 0 Å². The van der Waals surface area contributed by atoms with Gasteiger partial charge < -0.3 is 23.3 Å². The topological polar surface area (TPSA) is 63.2 Å². The van der Waals surface area contributed by atoms with E-state index in [-0.39, 0.29) is 0 Å². The monoisotopic (exact) mass is 302 g/mol.